The summed E-state index contributed by atoms with van der Waals surface area (Å²) >= 11 is 0. The summed E-state index contributed by atoms with van der Waals surface area (Å²) in [5.41, 5.74) is -0.0346. The lowest BCUT2D eigenvalue weighted by molar-refractivity contribution is 0.0690. The molecular formula is C9H12N4O2. The molecule has 0 amide bonds. The first-order valence-electron chi connectivity index (χ1n) is 4.65. The summed E-state index contributed by atoms with van der Waals surface area (Å²) in [6.45, 7) is 1.89. The predicted molar refractivity (Wildman–Crippen MR) is 53.9 cm³/mol. The first-order valence-corrected chi connectivity index (χ1v) is 4.65. The number of carboxylic acids is 1. The van der Waals surface area contributed by atoms with Gasteiger partial charge in [0.25, 0.3) is 0 Å². The van der Waals surface area contributed by atoms with Crippen LogP contribution in [0.3, 0.4) is 0 Å². The topological polar surface area (TPSA) is 78.4 Å². The summed E-state index contributed by atoms with van der Waals surface area (Å²) < 4.78 is 0. The summed E-state index contributed by atoms with van der Waals surface area (Å²) in [6.07, 6.45) is 2.77. The molecule has 0 unspecified atom stereocenters. The van der Waals surface area contributed by atoms with Gasteiger partial charge < -0.3 is 15.3 Å². The molecule has 1 aromatic heterocycles. The number of likely N-dealkylation sites (tertiary alicyclic amines) is 1. The van der Waals surface area contributed by atoms with E-state index >= 15 is 0 Å². The van der Waals surface area contributed by atoms with E-state index in [0.717, 1.165) is 13.1 Å². The van der Waals surface area contributed by atoms with Crippen molar-refractivity contribution in [2.24, 2.45) is 0 Å². The molecule has 1 aliphatic rings. The van der Waals surface area contributed by atoms with Gasteiger partial charge in [0.1, 0.15) is 5.82 Å². The fourth-order valence-corrected chi connectivity index (χ4v) is 1.54. The number of nitrogens with zero attached hydrogens (tertiary/aromatic N) is 3. The number of aromatic carboxylic acids is 1. The van der Waals surface area contributed by atoms with Crippen molar-refractivity contribution in [2.75, 3.05) is 25.5 Å². The third-order valence-corrected chi connectivity index (χ3v) is 2.27. The monoisotopic (exact) mass is 208 g/mol. The van der Waals surface area contributed by atoms with Gasteiger partial charge in [0.05, 0.1) is 18.4 Å². The largest absolute Gasteiger partial charge is 0.476 e. The van der Waals surface area contributed by atoms with Crippen molar-refractivity contribution in [3.05, 3.63) is 18.1 Å². The van der Waals surface area contributed by atoms with Crippen molar-refractivity contribution >= 4 is 11.8 Å². The van der Waals surface area contributed by atoms with E-state index < -0.39 is 5.97 Å². The average molecular weight is 208 g/mol. The van der Waals surface area contributed by atoms with E-state index in [4.69, 9.17) is 5.11 Å². The van der Waals surface area contributed by atoms with E-state index in [9.17, 15) is 4.79 Å². The van der Waals surface area contributed by atoms with Gasteiger partial charge in [0, 0.05) is 13.1 Å². The zero-order valence-electron chi connectivity index (χ0n) is 8.34. The van der Waals surface area contributed by atoms with Crippen LogP contribution < -0.4 is 5.32 Å². The highest BCUT2D eigenvalue weighted by molar-refractivity contribution is 5.85. The fraction of sp³-hybridized carbons (Fsp3) is 0.444. The Morgan fingerprint density at radius 2 is 2.33 bits per heavy atom. The van der Waals surface area contributed by atoms with E-state index in [2.05, 4.69) is 20.2 Å². The molecule has 2 N–H and O–H groups in total. The van der Waals surface area contributed by atoms with E-state index in [0.29, 0.717) is 11.9 Å². The number of rotatable bonds is 3. The molecule has 2 heterocycles. The maximum absolute atomic E-state index is 10.6. The quantitative estimate of drug-likeness (QED) is 0.722. The van der Waals surface area contributed by atoms with Crippen LogP contribution in [0.2, 0.25) is 0 Å². The maximum Gasteiger partial charge on any atom is 0.356 e. The molecule has 0 saturated carbocycles. The summed E-state index contributed by atoms with van der Waals surface area (Å²) in [6, 6.07) is 0.341. The Morgan fingerprint density at radius 1 is 1.60 bits per heavy atom. The second-order valence-corrected chi connectivity index (χ2v) is 3.66. The number of carboxylic acid groups (broad SMARTS) is 1. The predicted octanol–water partition coefficient (Wildman–Crippen LogP) is -0.0993. The van der Waals surface area contributed by atoms with Crippen LogP contribution in [0.5, 0.6) is 0 Å². The second-order valence-electron chi connectivity index (χ2n) is 3.66. The van der Waals surface area contributed by atoms with Crippen LogP contribution in [-0.4, -0.2) is 52.1 Å². The first kappa shape index (κ1) is 9.85. The SMILES string of the molecule is CN1CC(Nc2cncc(C(=O)O)n2)C1. The molecule has 1 aliphatic heterocycles. The molecule has 1 fully saturated rings. The zero-order valence-corrected chi connectivity index (χ0v) is 8.34. The van der Waals surface area contributed by atoms with E-state index in [1.807, 2.05) is 7.05 Å². The number of hydrogen-bond acceptors (Lipinski definition) is 5. The van der Waals surface area contributed by atoms with Crippen LogP contribution in [0.1, 0.15) is 10.5 Å². The summed E-state index contributed by atoms with van der Waals surface area (Å²) in [7, 11) is 2.03. The van der Waals surface area contributed by atoms with Crippen molar-refractivity contribution in [1.82, 2.24) is 14.9 Å². The Labute approximate surface area is 87.0 Å². The number of likely N-dealkylation sites (N-methyl/N-ethyl adjacent to an activating group) is 1. The van der Waals surface area contributed by atoms with Gasteiger partial charge in [-0.15, -0.1) is 0 Å². The highest BCUT2D eigenvalue weighted by atomic mass is 16.4. The summed E-state index contributed by atoms with van der Waals surface area (Å²) in [4.78, 5) is 20.5. The maximum atomic E-state index is 10.6. The molecular weight excluding hydrogens is 196 g/mol. The van der Waals surface area contributed by atoms with Gasteiger partial charge in [-0.1, -0.05) is 0 Å². The molecule has 1 aromatic rings. The Morgan fingerprint density at radius 3 is 2.93 bits per heavy atom. The third kappa shape index (κ3) is 2.21. The Hall–Kier alpha value is -1.69. The van der Waals surface area contributed by atoms with E-state index in [-0.39, 0.29) is 5.69 Å². The Balaban J connectivity index is 2.02. The van der Waals surface area contributed by atoms with Crippen molar-refractivity contribution < 1.29 is 9.90 Å². The summed E-state index contributed by atoms with van der Waals surface area (Å²) in [5.74, 6) is -0.537. The lowest BCUT2D eigenvalue weighted by Crippen LogP contribution is -2.52. The molecule has 0 radical (unpaired) electrons. The second kappa shape index (κ2) is 3.82. The minimum atomic E-state index is -1.06. The van der Waals surface area contributed by atoms with E-state index in [1.54, 1.807) is 0 Å². The van der Waals surface area contributed by atoms with Gasteiger partial charge in [-0.25, -0.2) is 9.78 Å². The van der Waals surface area contributed by atoms with Gasteiger partial charge in [-0.05, 0) is 7.05 Å². The summed E-state index contributed by atoms with van der Waals surface area (Å²) in [5, 5.41) is 11.8. The molecule has 0 aromatic carbocycles. The Kier molecular flexibility index (Phi) is 2.51. The van der Waals surface area contributed by atoms with Gasteiger partial charge in [-0.3, -0.25) is 4.98 Å². The van der Waals surface area contributed by atoms with Crippen LogP contribution in [0.15, 0.2) is 12.4 Å². The fourth-order valence-electron chi connectivity index (χ4n) is 1.54. The van der Waals surface area contributed by atoms with Crippen LogP contribution in [0.25, 0.3) is 0 Å². The molecule has 6 nitrogen and oxygen atoms in total. The molecule has 0 spiro atoms. The zero-order chi connectivity index (χ0) is 10.8. The number of aromatic nitrogens is 2. The molecule has 6 heteroatoms. The molecule has 0 aliphatic carbocycles. The minimum absolute atomic E-state index is 0.0346. The molecule has 0 atom stereocenters. The third-order valence-electron chi connectivity index (χ3n) is 2.27. The van der Waals surface area contributed by atoms with Crippen molar-refractivity contribution in [1.29, 1.82) is 0 Å². The lowest BCUT2D eigenvalue weighted by atomic mass is 10.1. The number of hydrogen-bond donors (Lipinski definition) is 2. The van der Waals surface area contributed by atoms with Crippen LogP contribution in [0.4, 0.5) is 5.82 Å². The molecule has 0 bridgehead atoms. The lowest BCUT2D eigenvalue weighted by Gasteiger charge is -2.36. The van der Waals surface area contributed by atoms with Crippen molar-refractivity contribution in [2.45, 2.75) is 6.04 Å². The van der Waals surface area contributed by atoms with Crippen molar-refractivity contribution in [3.8, 4) is 0 Å². The number of carbonyl (C=O) groups is 1. The van der Waals surface area contributed by atoms with Gasteiger partial charge in [-0.2, -0.15) is 0 Å². The van der Waals surface area contributed by atoms with Crippen LogP contribution in [-0.2, 0) is 0 Å². The highest BCUT2D eigenvalue weighted by Gasteiger charge is 2.23. The highest BCUT2D eigenvalue weighted by Crippen LogP contribution is 2.11. The molecule has 15 heavy (non-hydrogen) atoms. The average Bonchev–Trinajstić information content (AvgIpc) is 2.16. The minimum Gasteiger partial charge on any atom is -0.476 e. The normalized spacial score (nSPS) is 17.1. The first-order chi connectivity index (χ1) is 7.15. The standard InChI is InChI=1S/C9H12N4O2/c1-13-4-6(5-13)11-8-3-10-2-7(12-8)9(14)15/h2-3,6H,4-5H2,1H3,(H,11,12)(H,14,15). The number of anilines is 1. The van der Waals surface area contributed by atoms with Crippen LogP contribution in [0, 0.1) is 0 Å². The van der Waals surface area contributed by atoms with Crippen LogP contribution >= 0.6 is 0 Å². The van der Waals surface area contributed by atoms with Crippen molar-refractivity contribution in [3.63, 3.8) is 0 Å². The van der Waals surface area contributed by atoms with Gasteiger partial charge in [0.2, 0.25) is 0 Å². The van der Waals surface area contributed by atoms with Gasteiger partial charge in [0.15, 0.2) is 5.69 Å². The molecule has 1 saturated heterocycles. The van der Waals surface area contributed by atoms with Gasteiger partial charge >= 0.3 is 5.97 Å². The smallest absolute Gasteiger partial charge is 0.356 e. The van der Waals surface area contributed by atoms with E-state index in [1.165, 1.54) is 12.4 Å². The molecule has 80 valence electrons. The number of nitrogens with one attached hydrogen (secondary N) is 1. The Bertz CT molecular complexity index is 376. The molecule has 2 rings (SSSR count).